The van der Waals surface area contributed by atoms with Gasteiger partial charge in [0, 0.05) is 18.7 Å². The summed E-state index contributed by atoms with van der Waals surface area (Å²) in [7, 11) is 0. The van der Waals surface area contributed by atoms with Crippen molar-refractivity contribution >= 4 is 5.91 Å². The van der Waals surface area contributed by atoms with Gasteiger partial charge in [0.25, 0.3) is 5.91 Å². The van der Waals surface area contributed by atoms with E-state index in [0.29, 0.717) is 18.0 Å². The van der Waals surface area contributed by atoms with E-state index in [4.69, 9.17) is 4.52 Å². The topological polar surface area (TPSA) is 46.3 Å². The molecule has 100 valence electrons. The molecule has 0 spiro atoms. The molecule has 0 bridgehead atoms. The van der Waals surface area contributed by atoms with Crippen LogP contribution in [0.3, 0.4) is 0 Å². The van der Waals surface area contributed by atoms with Crippen molar-refractivity contribution < 1.29 is 9.32 Å². The van der Waals surface area contributed by atoms with E-state index in [-0.39, 0.29) is 11.9 Å². The third-order valence-electron chi connectivity index (χ3n) is 2.92. The lowest BCUT2D eigenvalue weighted by Crippen LogP contribution is -2.36. The Morgan fingerprint density at radius 1 is 1.32 bits per heavy atom. The molecule has 1 aromatic heterocycles. The van der Waals surface area contributed by atoms with Crippen LogP contribution in [-0.4, -0.2) is 22.0 Å². The molecule has 4 nitrogen and oxygen atoms in total. The zero-order valence-corrected chi connectivity index (χ0v) is 11.5. The third kappa shape index (κ3) is 3.22. The first-order valence-corrected chi connectivity index (χ1v) is 6.36. The molecule has 1 heterocycles. The molecule has 1 amide bonds. The summed E-state index contributed by atoms with van der Waals surface area (Å²) in [6.45, 7) is 6.35. The third-order valence-corrected chi connectivity index (χ3v) is 2.92. The first-order valence-electron chi connectivity index (χ1n) is 6.36. The van der Waals surface area contributed by atoms with Crippen LogP contribution in [0.15, 0.2) is 40.9 Å². The Morgan fingerprint density at radius 2 is 2.00 bits per heavy atom. The van der Waals surface area contributed by atoms with Crippen molar-refractivity contribution in [1.29, 1.82) is 0 Å². The predicted molar refractivity (Wildman–Crippen MR) is 72.7 cm³/mol. The summed E-state index contributed by atoms with van der Waals surface area (Å²) in [5.74, 6) is 0.168. The normalized spacial score (nSPS) is 10.7. The molecule has 0 aliphatic rings. The highest BCUT2D eigenvalue weighted by atomic mass is 16.5. The van der Waals surface area contributed by atoms with Crippen molar-refractivity contribution in [1.82, 2.24) is 10.1 Å². The van der Waals surface area contributed by atoms with Gasteiger partial charge in [-0.25, -0.2) is 0 Å². The number of hydrogen-bond acceptors (Lipinski definition) is 3. The van der Waals surface area contributed by atoms with E-state index in [1.165, 1.54) is 0 Å². The summed E-state index contributed by atoms with van der Waals surface area (Å²) in [6, 6.07) is 11.7. The van der Waals surface area contributed by atoms with Gasteiger partial charge in [-0.05, 0) is 26.3 Å². The second kappa shape index (κ2) is 5.69. The van der Waals surface area contributed by atoms with Gasteiger partial charge in [0.15, 0.2) is 0 Å². The van der Waals surface area contributed by atoms with Crippen LogP contribution >= 0.6 is 0 Å². The molecule has 19 heavy (non-hydrogen) atoms. The van der Waals surface area contributed by atoms with Crippen molar-refractivity contribution in [2.45, 2.75) is 33.4 Å². The van der Waals surface area contributed by atoms with Crippen molar-refractivity contribution in [3.05, 3.63) is 53.4 Å². The number of amides is 1. The molecule has 0 saturated carbocycles. The summed E-state index contributed by atoms with van der Waals surface area (Å²) in [4.78, 5) is 14.2. The average Bonchev–Trinajstić information content (AvgIpc) is 2.83. The fourth-order valence-electron chi connectivity index (χ4n) is 1.87. The minimum Gasteiger partial charge on any atom is -0.351 e. The van der Waals surface area contributed by atoms with Crippen LogP contribution in [0.25, 0.3) is 0 Å². The number of aryl methyl sites for hydroxylation is 1. The molecule has 1 aromatic carbocycles. The monoisotopic (exact) mass is 258 g/mol. The maximum Gasteiger partial charge on any atom is 0.293 e. The van der Waals surface area contributed by atoms with Gasteiger partial charge < -0.3 is 9.42 Å². The van der Waals surface area contributed by atoms with Crippen LogP contribution in [0, 0.1) is 6.92 Å². The SMILES string of the molecule is Cc1cc(C(=O)N(Cc2ccccc2)C(C)C)on1. The van der Waals surface area contributed by atoms with Crippen molar-refractivity contribution in [3.63, 3.8) is 0 Å². The van der Waals surface area contributed by atoms with Crippen LogP contribution in [0.2, 0.25) is 0 Å². The van der Waals surface area contributed by atoms with E-state index in [1.807, 2.05) is 44.2 Å². The maximum atomic E-state index is 12.4. The summed E-state index contributed by atoms with van der Waals surface area (Å²) >= 11 is 0. The van der Waals surface area contributed by atoms with Crippen LogP contribution in [0.1, 0.15) is 35.7 Å². The van der Waals surface area contributed by atoms with Gasteiger partial charge in [-0.1, -0.05) is 35.5 Å². The molecule has 2 rings (SSSR count). The van der Waals surface area contributed by atoms with Crippen LogP contribution in [0.4, 0.5) is 0 Å². The number of hydrogen-bond donors (Lipinski definition) is 0. The zero-order chi connectivity index (χ0) is 13.8. The standard InChI is InChI=1S/C15H18N2O2/c1-11(2)17(10-13-7-5-4-6-8-13)15(18)14-9-12(3)16-19-14/h4-9,11H,10H2,1-3H3. The molecule has 0 aliphatic heterocycles. The van der Waals surface area contributed by atoms with E-state index in [1.54, 1.807) is 17.9 Å². The second-order valence-electron chi connectivity index (χ2n) is 4.84. The lowest BCUT2D eigenvalue weighted by atomic mass is 10.2. The molecule has 0 radical (unpaired) electrons. The first kappa shape index (κ1) is 13.3. The highest BCUT2D eigenvalue weighted by molar-refractivity contribution is 5.91. The van der Waals surface area contributed by atoms with Gasteiger partial charge in [-0.15, -0.1) is 0 Å². The van der Waals surface area contributed by atoms with Crippen LogP contribution in [-0.2, 0) is 6.54 Å². The van der Waals surface area contributed by atoms with Gasteiger partial charge in [0.1, 0.15) is 0 Å². The second-order valence-corrected chi connectivity index (χ2v) is 4.84. The molecular weight excluding hydrogens is 240 g/mol. The number of nitrogens with zero attached hydrogens (tertiary/aromatic N) is 2. The van der Waals surface area contributed by atoms with Gasteiger partial charge in [0.05, 0.1) is 5.69 Å². The Bertz CT molecular complexity index is 546. The Kier molecular flexibility index (Phi) is 4.00. The lowest BCUT2D eigenvalue weighted by molar-refractivity contribution is 0.0647. The summed E-state index contributed by atoms with van der Waals surface area (Å²) in [6.07, 6.45) is 0. The quantitative estimate of drug-likeness (QED) is 0.846. The van der Waals surface area contributed by atoms with Gasteiger partial charge in [-0.3, -0.25) is 4.79 Å². The fraction of sp³-hybridized carbons (Fsp3) is 0.333. The van der Waals surface area contributed by atoms with Crippen LogP contribution < -0.4 is 0 Å². The minimum absolute atomic E-state index is 0.0955. The molecule has 4 heteroatoms. The predicted octanol–water partition coefficient (Wildman–Crippen LogP) is 3.03. The fourth-order valence-corrected chi connectivity index (χ4v) is 1.87. The largest absolute Gasteiger partial charge is 0.351 e. The van der Waals surface area contributed by atoms with E-state index in [0.717, 1.165) is 5.56 Å². The van der Waals surface area contributed by atoms with E-state index in [2.05, 4.69) is 5.16 Å². The average molecular weight is 258 g/mol. The summed E-state index contributed by atoms with van der Waals surface area (Å²) < 4.78 is 5.05. The van der Waals surface area contributed by atoms with E-state index in [9.17, 15) is 4.79 Å². The minimum atomic E-state index is -0.126. The number of rotatable bonds is 4. The van der Waals surface area contributed by atoms with Crippen molar-refractivity contribution in [2.24, 2.45) is 0 Å². The lowest BCUT2D eigenvalue weighted by Gasteiger charge is -2.25. The highest BCUT2D eigenvalue weighted by Crippen LogP contribution is 2.14. The van der Waals surface area contributed by atoms with Crippen LogP contribution in [0.5, 0.6) is 0 Å². The van der Waals surface area contributed by atoms with Gasteiger partial charge in [0.2, 0.25) is 5.76 Å². The molecule has 0 unspecified atom stereocenters. The molecule has 2 aromatic rings. The summed E-state index contributed by atoms with van der Waals surface area (Å²) in [5, 5.41) is 3.76. The smallest absolute Gasteiger partial charge is 0.293 e. The Morgan fingerprint density at radius 3 is 2.53 bits per heavy atom. The van der Waals surface area contributed by atoms with Crippen molar-refractivity contribution in [2.75, 3.05) is 0 Å². The highest BCUT2D eigenvalue weighted by Gasteiger charge is 2.22. The number of aromatic nitrogens is 1. The molecule has 0 atom stereocenters. The molecule has 0 fully saturated rings. The number of carbonyl (C=O) groups excluding carboxylic acids is 1. The van der Waals surface area contributed by atoms with E-state index >= 15 is 0 Å². The molecule has 0 saturated heterocycles. The Hall–Kier alpha value is -2.10. The zero-order valence-electron chi connectivity index (χ0n) is 11.5. The maximum absolute atomic E-state index is 12.4. The summed E-state index contributed by atoms with van der Waals surface area (Å²) in [5.41, 5.74) is 1.81. The van der Waals surface area contributed by atoms with Gasteiger partial charge in [-0.2, -0.15) is 0 Å². The molecule has 0 N–H and O–H groups in total. The Labute approximate surface area is 113 Å². The molecule has 0 aliphatic carbocycles. The van der Waals surface area contributed by atoms with Gasteiger partial charge >= 0.3 is 0 Å². The number of benzene rings is 1. The van der Waals surface area contributed by atoms with E-state index < -0.39 is 0 Å². The molecular formula is C15H18N2O2. The Balaban J connectivity index is 2.19. The number of carbonyl (C=O) groups is 1. The first-order chi connectivity index (χ1) is 9.08. The van der Waals surface area contributed by atoms with Crippen molar-refractivity contribution in [3.8, 4) is 0 Å².